The minimum absolute atomic E-state index is 0.149. The van der Waals surface area contributed by atoms with Gasteiger partial charge >= 0.3 is 0 Å². The molecule has 2 aromatic carbocycles. The van der Waals surface area contributed by atoms with Crippen LogP contribution in [0.3, 0.4) is 0 Å². The van der Waals surface area contributed by atoms with E-state index in [1.165, 1.54) is 11.3 Å². The Morgan fingerprint density at radius 3 is 2.78 bits per heavy atom. The van der Waals surface area contributed by atoms with Crippen molar-refractivity contribution in [2.75, 3.05) is 10.6 Å². The molecule has 0 unspecified atom stereocenters. The van der Waals surface area contributed by atoms with E-state index >= 15 is 0 Å². The molecule has 2 N–H and O–H groups in total. The molecule has 0 bridgehead atoms. The molecule has 0 aliphatic carbocycles. The monoisotopic (exact) mass is 387 g/mol. The van der Waals surface area contributed by atoms with Crippen LogP contribution in [0, 0.1) is 6.92 Å². The van der Waals surface area contributed by atoms with Crippen LogP contribution in [-0.2, 0) is 0 Å². The van der Waals surface area contributed by atoms with Gasteiger partial charge in [-0.05, 0) is 42.8 Å². The van der Waals surface area contributed by atoms with E-state index in [4.69, 9.17) is 0 Å². The number of carbonyl (C=O) groups is 1. The van der Waals surface area contributed by atoms with Crippen LogP contribution in [0.5, 0.6) is 0 Å². The lowest BCUT2D eigenvalue weighted by molar-refractivity contribution is 0.102. The first kappa shape index (κ1) is 15.7. The number of nitrogens with zero attached hydrogens (tertiary/aromatic N) is 1. The quantitative estimate of drug-likeness (QED) is 0.645. The van der Waals surface area contributed by atoms with E-state index in [0.717, 1.165) is 26.5 Å². The molecular weight excluding hydrogens is 374 g/mol. The van der Waals surface area contributed by atoms with Gasteiger partial charge in [0, 0.05) is 33.0 Å². The molecule has 0 fully saturated rings. The lowest BCUT2D eigenvalue weighted by Gasteiger charge is -2.09. The zero-order chi connectivity index (χ0) is 16.2. The third kappa shape index (κ3) is 3.97. The summed E-state index contributed by atoms with van der Waals surface area (Å²) in [6, 6.07) is 13.1. The molecule has 1 heterocycles. The van der Waals surface area contributed by atoms with Gasteiger partial charge in [0.1, 0.15) is 0 Å². The van der Waals surface area contributed by atoms with Gasteiger partial charge in [-0.3, -0.25) is 4.79 Å². The molecule has 0 atom stereocenters. The fraction of sp³-hybridized carbons (Fsp3) is 0.0588. The van der Waals surface area contributed by atoms with Gasteiger partial charge in [0.25, 0.3) is 5.91 Å². The second kappa shape index (κ2) is 6.93. The Balaban J connectivity index is 1.75. The van der Waals surface area contributed by atoms with E-state index in [9.17, 15) is 4.79 Å². The number of aromatic nitrogens is 1. The third-order valence-electron chi connectivity index (χ3n) is 3.24. The van der Waals surface area contributed by atoms with Crippen molar-refractivity contribution >= 4 is 49.7 Å². The molecule has 0 spiro atoms. The van der Waals surface area contributed by atoms with Crippen molar-refractivity contribution in [3.63, 3.8) is 0 Å². The van der Waals surface area contributed by atoms with Crippen molar-refractivity contribution in [3.8, 4) is 0 Å². The maximum atomic E-state index is 12.4. The van der Waals surface area contributed by atoms with Gasteiger partial charge < -0.3 is 10.6 Å². The number of hydrogen-bond acceptors (Lipinski definition) is 4. The summed E-state index contributed by atoms with van der Waals surface area (Å²) in [6.07, 6.45) is 1.73. The van der Waals surface area contributed by atoms with Crippen molar-refractivity contribution in [2.24, 2.45) is 0 Å². The van der Waals surface area contributed by atoms with Crippen LogP contribution >= 0.6 is 27.3 Å². The molecule has 23 heavy (non-hydrogen) atoms. The summed E-state index contributed by atoms with van der Waals surface area (Å²) in [5.41, 5.74) is 3.30. The Labute approximate surface area is 146 Å². The van der Waals surface area contributed by atoms with Crippen LogP contribution in [-0.4, -0.2) is 10.9 Å². The highest BCUT2D eigenvalue weighted by molar-refractivity contribution is 9.10. The van der Waals surface area contributed by atoms with E-state index in [-0.39, 0.29) is 5.91 Å². The van der Waals surface area contributed by atoms with E-state index in [2.05, 4.69) is 31.5 Å². The first-order chi connectivity index (χ1) is 11.1. The summed E-state index contributed by atoms with van der Waals surface area (Å²) in [5.74, 6) is -0.149. The van der Waals surface area contributed by atoms with E-state index in [1.54, 1.807) is 18.3 Å². The largest absolute Gasteiger partial charge is 0.332 e. The average Bonchev–Trinajstić information content (AvgIpc) is 3.04. The summed E-state index contributed by atoms with van der Waals surface area (Å²) < 4.78 is 0.967. The molecule has 4 nitrogen and oxygen atoms in total. The first-order valence-electron chi connectivity index (χ1n) is 6.96. The van der Waals surface area contributed by atoms with Gasteiger partial charge in [0.15, 0.2) is 5.13 Å². The topological polar surface area (TPSA) is 54.0 Å². The fourth-order valence-electron chi connectivity index (χ4n) is 2.02. The molecular formula is C17H14BrN3OS. The molecule has 6 heteroatoms. The van der Waals surface area contributed by atoms with Crippen LogP contribution in [0.2, 0.25) is 0 Å². The number of halogens is 1. The zero-order valence-corrected chi connectivity index (χ0v) is 14.7. The smallest absolute Gasteiger partial charge is 0.255 e. The number of thiazole rings is 1. The molecule has 3 rings (SSSR count). The highest BCUT2D eigenvalue weighted by atomic mass is 79.9. The Kier molecular flexibility index (Phi) is 4.73. The number of carbonyl (C=O) groups excluding carboxylic acids is 1. The molecule has 0 aliphatic heterocycles. The lowest BCUT2D eigenvalue weighted by Crippen LogP contribution is -2.12. The van der Waals surface area contributed by atoms with Crippen molar-refractivity contribution in [3.05, 3.63) is 69.6 Å². The van der Waals surface area contributed by atoms with Gasteiger partial charge in [0.05, 0.1) is 0 Å². The molecule has 0 radical (unpaired) electrons. The van der Waals surface area contributed by atoms with Crippen molar-refractivity contribution in [2.45, 2.75) is 6.92 Å². The fourth-order valence-corrected chi connectivity index (χ4v) is 2.95. The Morgan fingerprint density at radius 2 is 2.04 bits per heavy atom. The molecule has 1 aromatic heterocycles. The van der Waals surface area contributed by atoms with Gasteiger partial charge in [-0.15, -0.1) is 11.3 Å². The molecule has 3 aromatic rings. The predicted octanol–water partition coefficient (Wildman–Crippen LogP) is 5.21. The summed E-state index contributed by atoms with van der Waals surface area (Å²) in [5, 5.41) is 8.78. The molecule has 1 amide bonds. The summed E-state index contributed by atoms with van der Waals surface area (Å²) in [7, 11) is 0. The summed E-state index contributed by atoms with van der Waals surface area (Å²) >= 11 is 4.98. The van der Waals surface area contributed by atoms with Crippen molar-refractivity contribution in [1.29, 1.82) is 0 Å². The Bertz CT molecular complexity index is 834. The van der Waals surface area contributed by atoms with Gasteiger partial charge in [-0.1, -0.05) is 28.1 Å². The van der Waals surface area contributed by atoms with Crippen molar-refractivity contribution < 1.29 is 4.79 Å². The van der Waals surface area contributed by atoms with Gasteiger partial charge in [-0.2, -0.15) is 0 Å². The standard InChI is InChI=1S/C17H14BrN3OS/c1-11-5-6-14(10-15(11)18)20-16(22)12-3-2-4-13(9-12)21-17-19-7-8-23-17/h2-10H,1H3,(H,19,21)(H,20,22). The van der Waals surface area contributed by atoms with Gasteiger partial charge in [0.2, 0.25) is 0 Å². The molecule has 0 saturated heterocycles. The maximum Gasteiger partial charge on any atom is 0.255 e. The average molecular weight is 388 g/mol. The number of amides is 1. The number of aryl methyl sites for hydroxylation is 1. The van der Waals surface area contributed by atoms with Crippen molar-refractivity contribution in [1.82, 2.24) is 4.98 Å². The van der Waals surface area contributed by atoms with E-state index < -0.39 is 0 Å². The second-order valence-electron chi connectivity index (χ2n) is 4.96. The number of benzene rings is 2. The molecule has 0 saturated carbocycles. The minimum Gasteiger partial charge on any atom is -0.332 e. The maximum absolute atomic E-state index is 12.4. The normalized spacial score (nSPS) is 10.3. The van der Waals surface area contributed by atoms with Gasteiger partial charge in [-0.25, -0.2) is 4.98 Å². The molecule has 0 aliphatic rings. The van der Waals surface area contributed by atoms with Crippen LogP contribution in [0.25, 0.3) is 0 Å². The zero-order valence-electron chi connectivity index (χ0n) is 12.3. The van der Waals surface area contributed by atoms with E-state index in [0.29, 0.717) is 5.56 Å². The van der Waals surface area contributed by atoms with Crippen LogP contribution in [0.1, 0.15) is 15.9 Å². The first-order valence-corrected chi connectivity index (χ1v) is 8.63. The number of hydrogen-bond donors (Lipinski definition) is 2. The lowest BCUT2D eigenvalue weighted by atomic mass is 10.1. The van der Waals surface area contributed by atoms with Crippen LogP contribution < -0.4 is 10.6 Å². The Hall–Kier alpha value is -2.18. The summed E-state index contributed by atoms with van der Waals surface area (Å²) in [4.78, 5) is 16.6. The predicted molar refractivity (Wildman–Crippen MR) is 98.7 cm³/mol. The third-order valence-corrected chi connectivity index (χ3v) is 4.78. The van der Waals surface area contributed by atoms with E-state index in [1.807, 2.05) is 42.6 Å². The number of rotatable bonds is 4. The highest BCUT2D eigenvalue weighted by Crippen LogP contribution is 2.22. The number of nitrogens with one attached hydrogen (secondary N) is 2. The SMILES string of the molecule is Cc1ccc(NC(=O)c2cccc(Nc3nccs3)c2)cc1Br. The highest BCUT2D eigenvalue weighted by Gasteiger charge is 2.08. The summed E-state index contributed by atoms with van der Waals surface area (Å²) in [6.45, 7) is 2.00. The van der Waals surface area contributed by atoms with Crippen LogP contribution in [0.15, 0.2) is 58.5 Å². The Morgan fingerprint density at radius 1 is 1.17 bits per heavy atom. The molecule has 116 valence electrons. The number of anilines is 3. The minimum atomic E-state index is -0.149. The van der Waals surface area contributed by atoms with Crippen LogP contribution in [0.4, 0.5) is 16.5 Å². The second-order valence-corrected chi connectivity index (χ2v) is 6.71.